The standard InChI is InChI=1S/C16H7BrCl2F2N2OS2/c17-9-4-7(20)5-10(21)13(9)22-16(25)23-15(24)14-12(19)8-2-1-6(18)3-11(8)26-14/h1-5H,(H2,22,23,24,25). The predicted molar refractivity (Wildman–Crippen MR) is 110 cm³/mol. The lowest BCUT2D eigenvalue weighted by Crippen LogP contribution is -2.34. The molecule has 0 saturated heterocycles. The Balaban J connectivity index is 1.80. The lowest BCUT2D eigenvalue weighted by molar-refractivity contribution is 0.0982. The van der Waals surface area contributed by atoms with Crippen molar-refractivity contribution in [2.45, 2.75) is 0 Å². The molecule has 134 valence electrons. The summed E-state index contributed by atoms with van der Waals surface area (Å²) in [6.45, 7) is 0. The van der Waals surface area contributed by atoms with Gasteiger partial charge in [-0.3, -0.25) is 10.1 Å². The molecule has 1 heterocycles. The number of rotatable bonds is 2. The van der Waals surface area contributed by atoms with Crippen molar-refractivity contribution in [2.24, 2.45) is 0 Å². The summed E-state index contributed by atoms with van der Waals surface area (Å²) in [5, 5.41) is 6.27. The second-order valence-corrected chi connectivity index (χ2v) is 8.17. The fourth-order valence-corrected chi connectivity index (χ4v) is 4.54. The zero-order chi connectivity index (χ0) is 19.0. The van der Waals surface area contributed by atoms with Crippen molar-refractivity contribution >= 4 is 89.5 Å². The first-order chi connectivity index (χ1) is 12.3. The van der Waals surface area contributed by atoms with Crippen LogP contribution in [-0.4, -0.2) is 11.0 Å². The number of thiocarbonyl (C=S) groups is 1. The molecule has 0 aliphatic carbocycles. The normalized spacial score (nSPS) is 10.8. The van der Waals surface area contributed by atoms with Crippen LogP contribution < -0.4 is 10.6 Å². The monoisotopic (exact) mass is 494 g/mol. The highest BCUT2D eigenvalue weighted by atomic mass is 79.9. The molecule has 1 amide bonds. The Hall–Kier alpha value is -1.32. The van der Waals surface area contributed by atoms with Crippen LogP contribution in [-0.2, 0) is 0 Å². The van der Waals surface area contributed by atoms with E-state index in [9.17, 15) is 13.6 Å². The van der Waals surface area contributed by atoms with Crippen molar-refractivity contribution in [2.75, 3.05) is 5.32 Å². The summed E-state index contributed by atoms with van der Waals surface area (Å²) in [6.07, 6.45) is 0. The number of amides is 1. The highest BCUT2D eigenvalue weighted by Crippen LogP contribution is 2.36. The van der Waals surface area contributed by atoms with Crippen LogP contribution in [0.5, 0.6) is 0 Å². The molecule has 1 aromatic heterocycles. The zero-order valence-corrected chi connectivity index (χ0v) is 17.2. The second kappa shape index (κ2) is 7.74. The van der Waals surface area contributed by atoms with Crippen molar-refractivity contribution in [1.82, 2.24) is 5.32 Å². The lowest BCUT2D eigenvalue weighted by Gasteiger charge is -2.11. The number of carbonyl (C=O) groups is 1. The molecule has 2 N–H and O–H groups in total. The van der Waals surface area contributed by atoms with E-state index >= 15 is 0 Å². The summed E-state index contributed by atoms with van der Waals surface area (Å²) in [7, 11) is 0. The molecular weight excluding hydrogens is 489 g/mol. The van der Waals surface area contributed by atoms with Crippen LogP contribution in [0.2, 0.25) is 10.0 Å². The van der Waals surface area contributed by atoms with E-state index in [0.717, 1.165) is 22.1 Å². The van der Waals surface area contributed by atoms with Gasteiger partial charge in [0.05, 0.1) is 10.7 Å². The van der Waals surface area contributed by atoms with Crippen LogP contribution >= 0.6 is 62.7 Å². The van der Waals surface area contributed by atoms with E-state index in [2.05, 4.69) is 26.6 Å². The molecule has 0 saturated carbocycles. The molecule has 0 aliphatic rings. The number of nitrogens with one attached hydrogen (secondary N) is 2. The summed E-state index contributed by atoms with van der Waals surface area (Å²) in [4.78, 5) is 12.7. The minimum Gasteiger partial charge on any atom is -0.329 e. The van der Waals surface area contributed by atoms with Gasteiger partial charge in [0.25, 0.3) is 5.91 Å². The Morgan fingerprint density at radius 2 is 1.92 bits per heavy atom. The average molecular weight is 496 g/mol. The van der Waals surface area contributed by atoms with Gasteiger partial charge < -0.3 is 5.32 Å². The number of thiophene rings is 1. The SMILES string of the molecule is O=C(NC(=S)Nc1c(F)cc(F)cc1Br)c1sc2cc(Cl)ccc2c1Cl. The number of halogens is 5. The minimum absolute atomic E-state index is 0.0917. The van der Waals surface area contributed by atoms with E-state index in [-0.39, 0.29) is 25.2 Å². The van der Waals surface area contributed by atoms with Gasteiger partial charge in [0, 0.05) is 25.6 Å². The van der Waals surface area contributed by atoms with Gasteiger partial charge in [0.1, 0.15) is 10.7 Å². The van der Waals surface area contributed by atoms with Crippen molar-refractivity contribution < 1.29 is 13.6 Å². The van der Waals surface area contributed by atoms with Crippen LogP contribution in [0.25, 0.3) is 10.1 Å². The molecule has 0 spiro atoms. The third-order valence-corrected chi connectivity index (χ3v) is 5.99. The fourth-order valence-electron chi connectivity index (χ4n) is 2.15. The number of fused-ring (bicyclic) bond motifs is 1. The highest BCUT2D eigenvalue weighted by molar-refractivity contribution is 9.10. The van der Waals surface area contributed by atoms with Gasteiger partial charge in [-0.15, -0.1) is 11.3 Å². The predicted octanol–water partition coefficient (Wildman–Crippen LogP) is 6.38. The van der Waals surface area contributed by atoms with Crippen molar-refractivity contribution in [3.63, 3.8) is 0 Å². The lowest BCUT2D eigenvalue weighted by atomic mass is 10.2. The van der Waals surface area contributed by atoms with Crippen LogP contribution in [0, 0.1) is 11.6 Å². The molecule has 2 aromatic carbocycles. The third-order valence-electron chi connectivity index (χ3n) is 3.27. The third kappa shape index (κ3) is 3.99. The van der Waals surface area contributed by atoms with Crippen LogP contribution in [0.4, 0.5) is 14.5 Å². The Labute approximate surface area is 174 Å². The molecule has 3 nitrogen and oxygen atoms in total. The van der Waals surface area contributed by atoms with E-state index in [1.54, 1.807) is 18.2 Å². The molecule has 3 aromatic rings. The number of hydrogen-bond donors (Lipinski definition) is 2. The van der Waals surface area contributed by atoms with Gasteiger partial charge in [0.15, 0.2) is 10.9 Å². The molecule has 0 aliphatic heterocycles. The second-order valence-electron chi connectivity index (χ2n) is 5.04. The van der Waals surface area contributed by atoms with Crippen molar-refractivity contribution in [3.05, 3.63) is 61.4 Å². The Kier molecular flexibility index (Phi) is 5.78. The molecule has 3 rings (SSSR count). The maximum Gasteiger partial charge on any atom is 0.269 e. The van der Waals surface area contributed by atoms with E-state index in [0.29, 0.717) is 16.5 Å². The van der Waals surface area contributed by atoms with Crippen LogP contribution in [0.3, 0.4) is 0 Å². The Morgan fingerprint density at radius 1 is 1.19 bits per heavy atom. The Bertz CT molecular complexity index is 1040. The maximum absolute atomic E-state index is 13.8. The number of anilines is 1. The quantitative estimate of drug-likeness (QED) is 0.405. The molecule has 0 bridgehead atoms. The summed E-state index contributed by atoms with van der Waals surface area (Å²) < 4.78 is 27.8. The first kappa shape index (κ1) is 19.4. The molecule has 0 atom stereocenters. The number of carbonyl (C=O) groups excluding carboxylic acids is 1. The van der Waals surface area contributed by atoms with Gasteiger partial charge in [0.2, 0.25) is 0 Å². The average Bonchev–Trinajstić information content (AvgIpc) is 2.87. The van der Waals surface area contributed by atoms with Crippen LogP contribution in [0.1, 0.15) is 9.67 Å². The number of hydrogen-bond acceptors (Lipinski definition) is 3. The van der Waals surface area contributed by atoms with E-state index in [1.807, 2.05) is 0 Å². The molecule has 0 unspecified atom stereocenters. The summed E-state index contributed by atoms with van der Waals surface area (Å²) in [6, 6.07) is 6.86. The highest BCUT2D eigenvalue weighted by Gasteiger charge is 2.19. The smallest absolute Gasteiger partial charge is 0.269 e. The first-order valence-electron chi connectivity index (χ1n) is 6.90. The molecule has 26 heavy (non-hydrogen) atoms. The summed E-state index contributed by atoms with van der Waals surface area (Å²) in [5.74, 6) is -2.16. The first-order valence-corrected chi connectivity index (χ1v) is 9.68. The van der Waals surface area contributed by atoms with Crippen molar-refractivity contribution in [3.8, 4) is 0 Å². The fraction of sp³-hybridized carbons (Fsp3) is 0. The van der Waals surface area contributed by atoms with E-state index < -0.39 is 17.5 Å². The molecule has 0 fully saturated rings. The maximum atomic E-state index is 13.8. The molecule has 10 heteroatoms. The number of benzene rings is 2. The van der Waals surface area contributed by atoms with Gasteiger partial charge >= 0.3 is 0 Å². The van der Waals surface area contributed by atoms with Gasteiger partial charge in [-0.05, 0) is 46.3 Å². The van der Waals surface area contributed by atoms with Crippen molar-refractivity contribution in [1.29, 1.82) is 0 Å². The molecule has 0 radical (unpaired) electrons. The van der Waals surface area contributed by atoms with E-state index in [1.165, 1.54) is 0 Å². The topological polar surface area (TPSA) is 41.1 Å². The molecular formula is C16H7BrCl2F2N2OS2. The Morgan fingerprint density at radius 3 is 2.62 bits per heavy atom. The van der Waals surface area contributed by atoms with Gasteiger partial charge in [-0.1, -0.05) is 29.3 Å². The summed E-state index contributed by atoms with van der Waals surface area (Å²) in [5.41, 5.74) is -0.0917. The van der Waals surface area contributed by atoms with Gasteiger partial charge in [-0.2, -0.15) is 0 Å². The van der Waals surface area contributed by atoms with Crippen LogP contribution in [0.15, 0.2) is 34.8 Å². The minimum atomic E-state index is -0.858. The summed E-state index contributed by atoms with van der Waals surface area (Å²) >= 11 is 21.4. The van der Waals surface area contributed by atoms with Gasteiger partial charge in [-0.25, -0.2) is 8.78 Å². The largest absolute Gasteiger partial charge is 0.329 e. The van der Waals surface area contributed by atoms with E-state index in [4.69, 9.17) is 35.4 Å². The zero-order valence-electron chi connectivity index (χ0n) is 12.5.